The van der Waals surface area contributed by atoms with Crippen molar-refractivity contribution < 1.29 is 4.74 Å². The molecule has 0 aliphatic carbocycles. The number of aromatic nitrogens is 2. The van der Waals surface area contributed by atoms with Crippen LogP contribution in [0, 0.1) is 0 Å². The molecule has 0 saturated heterocycles. The third-order valence-electron chi connectivity index (χ3n) is 3.22. The highest BCUT2D eigenvalue weighted by atomic mass is 32.2. The first-order valence-electron chi connectivity index (χ1n) is 6.55. The lowest BCUT2D eigenvalue weighted by Gasteiger charge is -2.06. The lowest BCUT2D eigenvalue weighted by molar-refractivity contribution is 0.419. The molecule has 2 aromatic rings. The summed E-state index contributed by atoms with van der Waals surface area (Å²) < 4.78 is 7.40. The van der Waals surface area contributed by atoms with Crippen LogP contribution in [-0.4, -0.2) is 28.7 Å². The minimum Gasteiger partial charge on any atom is -0.494 e. The third-order valence-corrected chi connectivity index (χ3v) is 3.92. The number of hydrogen-bond donors (Lipinski definition) is 1. The van der Waals surface area contributed by atoms with E-state index in [9.17, 15) is 0 Å². The average Bonchev–Trinajstić information content (AvgIpc) is 2.74. The number of methoxy groups -OCH3 is 1. The summed E-state index contributed by atoms with van der Waals surface area (Å²) in [6.07, 6.45) is 5.77. The van der Waals surface area contributed by atoms with E-state index >= 15 is 0 Å². The summed E-state index contributed by atoms with van der Waals surface area (Å²) in [6, 6.07) is 5.94. The summed E-state index contributed by atoms with van der Waals surface area (Å²) in [7, 11) is 1.66. The van der Waals surface area contributed by atoms with Gasteiger partial charge in [-0.3, -0.25) is 0 Å². The topological polar surface area (TPSA) is 53.1 Å². The Balaban J connectivity index is 2.12. The van der Waals surface area contributed by atoms with Gasteiger partial charge in [-0.1, -0.05) is 12.5 Å². The van der Waals surface area contributed by atoms with Crippen molar-refractivity contribution in [3.05, 3.63) is 18.2 Å². The zero-order valence-electron chi connectivity index (χ0n) is 11.6. The highest BCUT2D eigenvalue weighted by Gasteiger charge is 2.11. The molecule has 2 N–H and O–H groups in total. The summed E-state index contributed by atoms with van der Waals surface area (Å²) in [6.45, 7) is 0.921. The summed E-state index contributed by atoms with van der Waals surface area (Å²) in [4.78, 5) is 4.41. The average molecular weight is 279 g/mol. The highest BCUT2D eigenvalue weighted by molar-refractivity contribution is 7.98. The van der Waals surface area contributed by atoms with Crippen LogP contribution in [-0.2, 0) is 6.54 Å². The standard InChI is InChI=1S/C14H21N3OS/c1-18-12-8-6-7-11-13(12)16-14(15)17(11)9-4-3-5-10-19-2/h6-8H,3-5,9-10H2,1-2H3,(H2,15,16). The number of benzene rings is 1. The van der Waals surface area contributed by atoms with E-state index in [4.69, 9.17) is 10.5 Å². The maximum atomic E-state index is 6.01. The number of nitrogens with zero attached hydrogens (tertiary/aromatic N) is 2. The number of nitrogen functional groups attached to an aromatic ring is 1. The second-order valence-electron chi connectivity index (χ2n) is 4.50. The molecular formula is C14H21N3OS. The fraction of sp³-hybridized carbons (Fsp3) is 0.500. The van der Waals surface area contributed by atoms with Gasteiger partial charge in [-0.05, 0) is 37.0 Å². The van der Waals surface area contributed by atoms with Crippen molar-refractivity contribution in [3.8, 4) is 5.75 Å². The quantitative estimate of drug-likeness (QED) is 0.791. The Morgan fingerprint density at radius 2 is 2.16 bits per heavy atom. The molecule has 19 heavy (non-hydrogen) atoms. The van der Waals surface area contributed by atoms with E-state index in [1.165, 1.54) is 18.6 Å². The molecule has 104 valence electrons. The van der Waals surface area contributed by atoms with E-state index in [1.807, 2.05) is 30.0 Å². The number of aryl methyl sites for hydroxylation is 1. The van der Waals surface area contributed by atoms with Crippen LogP contribution in [0.3, 0.4) is 0 Å². The molecule has 0 aliphatic heterocycles. The molecule has 1 aromatic heterocycles. The number of para-hydroxylation sites is 1. The fourth-order valence-electron chi connectivity index (χ4n) is 2.23. The van der Waals surface area contributed by atoms with Crippen LogP contribution in [0.1, 0.15) is 19.3 Å². The number of imidazole rings is 1. The largest absolute Gasteiger partial charge is 0.494 e. The van der Waals surface area contributed by atoms with E-state index in [-0.39, 0.29) is 0 Å². The summed E-state index contributed by atoms with van der Waals surface area (Å²) in [5, 5.41) is 0. The Labute approximate surface area is 118 Å². The first-order chi connectivity index (χ1) is 9.27. The van der Waals surface area contributed by atoms with Crippen molar-refractivity contribution in [2.45, 2.75) is 25.8 Å². The van der Waals surface area contributed by atoms with Crippen molar-refractivity contribution >= 4 is 28.7 Å². The summed E-state index contributed by atoms with van der Waals surface area (Å²) in [5.41, 5.74) is 7.92. The predicted molar refractivity (Wildman–Crippen MR) is 82.9 cm³/mol. The van der Waals surface area contributed by atoms with E-state index in [2.05, 4.69) is 15.8 Å². The number of thioether (sulfide) groups is 1. The van der Waals surface area contributed by atoms with Gasteiger partial charge in [-0.2, -0.15) is 11.8 Å². The molecule has 0 unspecified atom stereocenters. The normalized spacial score (nSPS) is 11.1. The van der Waals surface area contributed by atoms with Gasteiger partial charge in [0.1, 0.15) is 11.3 Å². The number of ether oxygens (including phenoxy) is 1. The van der Waals surface area contributed by atoms with Crippen LogP contribution in [0.25, 0.3) is 11.0 Å². The third kappa shape index (κ3) is 3.15. The van der Waals surface area contributed by atoms with Crippen LogP contribution in [0.5, 0.6) is 5.75 Å². The lowest BCUT2D eigenvalue weighted by atomic mass is 10.2. The number of rotatable bonds is 7. The van der Waals surface area contributed by atoms with Crippen molar-refractivity contribution in [1.82, 2.24) is 9.55 Å². The van der Waals surface area contributed by atoms with Gasteiger partial charge >= 0.3 is 0 Å². The van der Waals surface area contributed by atoms with E-state index in [0.717, 1.165) is 29.7 Å². The van der Waals surface area contributed by atoms with Crippen molar-refractivity contribution in [2.75, 3.05) is 24.9 Å². The number of fused-ring (bicyclic) bond motifs is 1. The van der Waals surface area contributed by atoms with Gasteiger partial charge in [0.05, 0.1) is 12.6 Å². The molecule has 1 heterocycles. The molecule has 1 aromatic carbocycles. The Morgan fingerprint density at radius 1 is 1.32 bits per heavy atom. The van der Waals surface area contributed by atoms with Gasteiger partial charge in [-0.15, -0.1) is 0 Å². The molecular weight excluding hydrogens is 258 g/mol. The highest BCUT2D eigenvalue weighted by Crippen LogP contribution is 2.27. The molecule has 0 amide bonds. The number of unbranched alkanes of at least 4 members (excludes halogenated alkanes) is 2. The Hall–Kier alpha value is -1.36. The molecule has 0 spiro atoms. The van der Waals surface area contributed by atoms with Gasteiger partial charge in [0.2, 0.25) is 5.95 Å². The zero-order chi connectivity index (χ0) is 13.7. The van der Waals surface area contributed by atoms with Crippen LogP contribution in [0.2, 0.25) is 0 Å². The molecule has 2 rings (SSSR count). The molecule has 5 heteroatoms. The molecule has 0 atom stereocenters. The van der Waals surface area contributed by atoms with Crippen LogP contribution < -0.4 is 10.5 Å². The Bertz CT molecular complexity index is 539. The van der Waals surface area contributed by atoms with E-state index in [0.29, 0.717) is 5.95 Å². The number of hydrogen-bond acceptors (Lipinski definition) is 4. The molecule has 0 radical (unpaired) electrons. The summed E-state index contributed by atoms with van der Waals surface area (Å²) >= 11 is 1.90. The monoisotopic (exact) mass is 279 g/mol. The van der Waals surface area contributed by atoms with Crippen LogP contribution in [0.15, 0.2) is 18.2 Å². The predicted octanol–water partition coefficient (Wildman–Crippen LogP) is 3.16. The number of anilines is 1. The minimum atomic E-state index is 0.573. The van der Waals surface area contributed by atoms with Crippen LogP contribution in [0.4, 0.5) is 5.95 Å². The van der Waals surface area contributed by atoms with Gasteiger partial charge in [-0.25, -0.2) is 4.98 Å². The first kappa shape index (κ1) is 14.1. The van der Waals surface area contributed by atoms with Gasteiger partial charge in [0.25, 0.3) is 0 Å². The van der Waals surface area contributed by atoms with Crippen LogP contribution >= 0.6 is 11.8 Å². The van der Waals surface area contributed by atoms with Crippen molar-refractivity contribution in [1.29, 1.82) is 0 Å². The Morgan fingerprint density at radius 3 is 2.89 bits per heavy atom. The van der Waals surface area contributed by atoms with Gasteiger partial charge in [0, 0.05) is 6.54 Å². The number of nitrogens with two attached hydrogens (primary N) is 1. The van der Waals surface area contributed by atoms with Crippen molar-refractivity contribution in [2.24, 2.45) is 0 Å². The summed E-state index contributed by atoms with van der Waals surface area (Å²) in [5.74, 6) is 2.59. The SMILES string of the molecule is COc1cccc2c1nc(N)n2CCCCCSC. The molecule has 0 bridgehead atoms. The molecule has 4 nitrogen and oxygen atoms in total. The second-order valence-corrected chi connectivity index (χ2v) is 5.49. The van der Waals surface area contributed by atoms with E-state index < -0.39 is 0 Å². The second kappa shape index (κ2) is 6.70. The Kier molecular flexibility index (Phi) is 4.96. The molecule has 0 fully saturated rings. The minimum absolute atomic E-state index is 0.573. The van der Waals surface area contributed by atoms with Gasteiger partial charge < -0.3 is 15.0 Å². The maximum Gasteiger partial charge on any atom is 0.201 e. The smallest absolute Gasteiger partial charge is 0.201 e. The van der Waals surface area contributed by atoms with Crippen molar-refractivity contribution in [3.63, 3.8) is 0 Å². The maximum absolute atomic E-state index is 6.01. The molecule has 0 aliphatic rings. The van der Waals surface area contributed by atoms with Gasteiger partial charge in [0.15, 0.2) is 0 Å². The van der Waals surface area contributed by atoms with E-state index in [1.54, 1.807) is 7.11 Å². The first-order valence-corrected chi connectivity index (χ1v) is 7.95. The lowest BCUT2D eigenvalue weighted by Crippen LogP contribution is -2.03. The zero-order valence-corrected chi connectivity index (χ0v) is 12.4. The fourth-order valence-corrected chi connectivity index (χ4v) is 2.72. The molecule has 0 saturated carbocycles.